The van der Waals surface area contributed by atoms with Crippen molar-refractivity contribution >= 4 is 11.5 Å². The molecule has 2 unspecified atom stereocenters. The molecule has 7 nitrogen and oxygen atoms in total. The average molecular weight is 334 g/mol. The Morgan fingerprint density at radius 2 is 2.00 bits per heavy atom. The van der Waals surface area contributed by atoms with Crippen LogP contribution in [0.3, 0.4) is 0 Å². The molecule has 24 heavy (non-hydrogen) atoms. The topological polar surface area (TPSA) is 91.5 Å². The molecular weight excluding hydrogens is 308 g/mol. The molecule has 2 N–H and O–H groups in total. The summed E-state index contributed by atoms with van der Waals surface area (Å²) < 4.78 is 0. The van der Waals surface area contributed by atoms with Crippen molar-refractivity contribution in [3.05, 3.63) is 27.9 Å². The summed E-state index contributed by atoms with van der Waals surface area (Å²) in [6.45, 7) is 3.57. The van der Waals surface area contributed by atoms with E-state index in [4.69, 9.17) is 0 Å². The van der Waals surface area contributed by atoms with Gasteiger partial charge in [0, 0.05) is 36.9 Å². The number of likely N-dealkylation sites (tertiary alicyclic amines) is 1. The molecule has 7 heteroatoms. The van der Waals surface area contributed by atoms with Crippen molar-refractivity contribution in [1.29, 1.82) is 0 Å². The first-order chi connectivity index (χ1) is 11.6. The fourth-order valence-electron chi connectivity index (χ4n) is 3.97. The Hall–Kier alpha value is -1.73. The Bertz CT molecular complexity index is 587. The van der Waals surface area contributed by atoms with Crippen LogP contribution in [0.25, 0.3) is 0 Å². The molecule has 1 saturated heterocycles. The lowest BCUT2D eigenvalue weighted by Crippen LogP contribution is -2.50. The fourth-order valence-corrected chi connectivity index (χ4v) is 3.97. The van der Waals surface area contributed by atoms with Gasteiger partial charge in [0.25, 0.3) is 0 Å². The van der Waals surface area contributed by atoms with E-state index in [1.807, 2.05) is 0 Å². The number of anilines is 1. The summed E-state index contributed by atoms with van der Waals surface area (Å²) in [4.78, 5) is 17.5. The van der Waals surface area contributed by atoms with Gasteiger partial charge in [0.15, 0.2) is 0 Å². The first-order valence-electron chi connectivity index (χ1n) is 8.85. The zero-order chi connectivity index (χ0) is 17.1. The van der Waals surface area contributed by atoms with Crippen LogP contribution >= 0.6 is 0 Å². The van der Waals surface area contributed by atoms with Crippen LogP contribution in [0.5, 0.6) is 0 Å². The highest BCUT2D eigenvalue weighted by Gasteiger charge is 2.32. The van der Waals surface area contributed by atoms with Crippen LogP contribution in [0.15, 0.2) is 12.3 Å². The SMILES string of the molecule is Cc1ccnc(NC2CCN(C3CCCCC3O)CC2)c1[N+](=O)[O-]. The minimum absolute atomic E-state index is 0.0719. The number of piperidine rings is 1. The van der Waals surface area contributed by atoms with E-state index < -0.39 is 0 Å². The minimum atomic E-state index is -0.363. The fraction of sp³-hybridized carbons (Fsp3) is 0.706. The molecule has 1 aliphatic carbocycles. The van der Waals surface area contributed by atoms with Gasteiger partial charge in [0.1, 0.15) is 0 Å². The number of nitrogens with zero attached hydrogens (tertiary/aromatic N) is 3. The Morgan fingerprint density at radius 3 is 2.67 bits per heavy atom. The molecule has 1 saturated carbocycles. The zero-order valence-electron chi connectivity index (χ0n) is 14.1. The van der Waals surface area contributed by atoms with E-state index in [2.05, 4.69) is 15.2 Å². The van der Waals surface area contributed by atoms with E-state index in [0.717, 1.165) is 45.2 Å². The van der Waals surface area contributed by atoms with Crippen molar-refractivity contribution in [3.8, 4) is 0 Å². The number of aryl methyl sites for hydroxylation is 1. The van der Waals surface area contributed by atoms with E-state index in [0.29, 0.717) is 11.4 Å². The quantitative estimate of drug-likeness (QED) is 0.649. The maximum Gasteiger partial charge on any atom is 0.314 e. The smallest absolute Gasteiger partial charge is 0.314 e. The van der Waals surface area contributed by atoms with Crippen LogP contribution in [0.1, 0.15) is 44.1 Å². The number of hydrogen-bond acceptors (Lipinski definition) is 6. The molecule has 1 aliphatic heterocycles. The lowest BCUT2D eigenvalue weighted by Gasteiger charge is -2.41. The molecule has 0 spiro atoms. The highest BCUT2D eigenvalue weighted by atomic mass is 16.6. The summed E-state index contributed by atoms with van der Waals surface area (Å²) in [5.41, 5.74) is 0.697. The van der Waals surface area contributed by atoms with Gasteiger partial charge in [0.2, 0.25) is 5.82 Å². The second kappa shape index (κ2) is 7.44. The molecule has 1 aromatic rings. The van der Waals surface area contributed by atoms with E-state index in [1.54, 1.807) is 19.2 Å². The van der Waals surface area contributed by atoms with Crippen molar-refractivity contribution < 1.29 is 10.0 Å². The monoisotopic (exact) mass is 334 g/mol. The molecule has 2 heterocycles. The molecule has 0 bridgehead atoms. The van der Waals surface area contributed by atoms with Gasteiger partial charge >= 0.3 is 5.69 Å². The second-order valence-electron chi connectivity index (χ2n) is 6.96. The van der Waals surface area contributed by atoms with Crippen molar-refractivity contribution in [1.82, 2.24) is 9.88 Å². The zero-order valence-corrected chi connectivity index (χ0v) is 14.1. The Kier molecular flexibility index (Phi) is 5.30. The molecule has 1 aromatic heterocycles. The Labute approximate surface area is 142 Å². The standard InChI is InChI=1S/C17H26N4O3/c1-12-6-9-18-17(16(12)21(23)24)19-13-7-10-20(11-8-13)14-4-2-3-5-15(14)22/h6,9,13-15,22H,2-5,7-8,10-11H2,1H3,(H,18,19). The average Bonchev–Trinajstić information content (AvgIpc) is 2.56. The Morgan fingerprint density at radius 1 is 1.29 bits per heavy atom. The highest BCUT2D eigenvalue weighted by Crippen LogP contribution is 2.29. The predicted molar refractivity (Wildman–Crippen MR) is 92.1 cm³/mol. The maximum absolute atomic E-state index is 11.3. The number of hydrogen-bond donors (Lipinski definition) is 2. The van der Waals surface area contributed by atoms with Crippen molar-refractivity contribution in [3.63, 3.8) is 0 Å². The summed E-state index contributed by atoms with van der Waals surface area (Å²) in [5, 5.41) is 24.7. The Balaban J connectivity index is 1.60. The molecule has 3 rings (SSSR count). The number of aromatic nitrogens is 1. The normalized spacial score (nSPS) is 26.2. The highest BCUT2D eigenvalue weighted by molar-refractivity contribution is 5.60. The third kappa shape index (κ3) is 3.67. The van der Waals surface area contributed by atoms with Crippen LogP contribution in [0.4, 0.5) is 11.5 Å². The van der Waals surface area contributed by atoms with Gasteiger partial charge < -0.3 is 10.4 Å². The molecule has 2 fully saturated rings. The van der Waals surface area contributed by atoms with E-state index >= 15 is 0 Å². The number of aliphatic hydroxyl groups is 1. The van der Waals surface area contributed by atoms with Crippen molar-refractivity contribution in [2.24, 2.45) is 0 Å². The first-order valence-corrected chi connectivity index (χ1v) is 8.85. The third-order valence-corrected chi connectivity index (χ3v) is 5.34. The van der Waals surface area contributed by atoms with E-state index in [1.165, 1.54) is 6.42 Å². The third-order valence-electron chi connectivity index (χ3n) is 5.34. The van der Waals surface area contributed by atoms with Gasteiger partial charge in [-0.3, -0.25) is 15.0 Å². The van der Waals surface area contributed by atoms with Gasteiger partial charge in [-0.15, -0.1) is 0 Å². The largest absolute Gasteiger partial charge is 0.391 e. The minimum Gasteiger partial charge on any atom is -0.391 e. The van der Waals surface area contributed by atoms with Crippen LogP contribution in [-0.2, 0) is 0 Å². The summed E-state index contributed by atoms with van der Waals surface area (Å²) in [7, 11) is 0. The molecule has 0 amide bonds. The van der Waals surface area contributed by atoms with E-state index in [-0.39, 0.29) is 28.8 Å². The first kappa shape index (κ1) is 17.1. The number of nitro groups is 1. The lowest BCUT2D eigenvalue weighted by atomic mass is 9.89. The summed E-state index contributed by atoms with van der Waals surface area (Å²) in [5.74, 6) is 0.371. The molecule has 2 aliphatic rings. The number of rotatable bonds is 4. The number of pyridine rings is 1. The van der Waals surface area contributed by atoms with Crippen LogP contribution < -0.4 is 5.32 Å². The van der Waals surface area contributed by atoms with Crippen molar-refractivity contribution in [2.45, 2.75) is 63.6 Å². The van der Waals surface area contributed by atoms with Gasteiger partial charge in [-0.1, -0.05) is 12.8 Å². The summed E-state index contributed by atoms with van der Waals surface area (Å²) >= 11 is 0. The van der Waals surface area contributed by atoms with Crippen LogP contribution in [0, 0.1) is 17.0 Å². The summed E-state index contributed by atoms with van der Waals surface area (Å²) in [6, 6.07) is 2.14. The van der Waals surface area contributed by atoms with Crippen molar-refractivity contribution in [2.75, 3.05) is 18.4 Å². The van der Waals surface area contributed by atoms with Gasteiger partial charge in [-0.05, 0) is 38.7 Å². The van der Waals surface area contributed by atoms with Gasteiger partial charge in [-0.2, -0.15) is 0 Å². The maximum atomic E-state index is 11.3. The van der Waals surface area contributed by atoms with E-state index in [9.17, 15) is 15.2 Å². The molecule has 0 radical (unpaired) electrons. The summed E-state index contributed by atoms with van der Waals surface area (Å²) in [6.07, 6.45) is 7.52. The number of aliphatic hydroxyl groups excluding tert-OH is 1. The second-order valence-corrected chi connectivity index (χ2v) is 6.96. The molecule has 2 atom stereocenters. The predicted octanol–water partition coefficient (Wildman–Crippen LogP) is 2.48. The lowest BCUT2D eigenvalue weighted by molar-refractivity contribution is -0.384. The van der Waals surface area contributed by atoms with Crippen LogP contribution in [-0.4, -0.2) is 51.2 Å². The van der Waals surface area contributed by atoms with Gasteiger partial charge in [0.05, 0.1) is 11.0 Å². The number of nitrogens with one attached hydrogen (secondary N) is 1. The molecule has 0 aromatic carbocycles. The van der Waals surface area contributed by atoms with Crippen LogP contribution in [0.2, 0.25) is 0 Å². The van der Waals surface area contributed by atoms with Gasteiger partial charge in [-0.25, -0.2) is 4.98 Å². The molecular formula is C17H26N4O3. The molecule has 132 valence electrons.